The van der Waals surface area contributed by atoms with Gasteiger partial charge in [-0.1, -0.05) is 6.07 Å². The number of ether oxygens (including phenoxy) is 1. The number of aryl methyl sites for hydroxylation is 1. The van der Waals surface area contributed by atoms with E-state index in [9.17, 15) is 4.79 Å². The number of rotatable bonds is 4. The van der Waals surface area contributed by atoms with Gasteiger partial charge >= 0.3 is 13.1 Å². The van der Waals surface area contributed by atoms with Gasteiger partial charge in [0.25, 0.3) is 0 Å². The Labute approximate surface area is 165 Å². The summed E-state index contributed by atoms with van der Waals surface area (Å²) in [6.07, 6.45) is 0.918. The van der Waals surface area contributed by atoms with E-state index in [0.29, 0.717) is 12.8 Å². The highest BCUT2D eigenvalue weighted by atomic mass is 32.1. The molecule has 27 heavy (non-hydrogen) atoms. The van der Waals surface area contributed by atoms with Crippen molar-refractivity contribution in [2.75, 3.05) is 0 Å². The van der Waals surface area contributed by atoms with Crippen LogP contribution in [-0.2, 0) is 25.3 Å². The molecule has 0 saturated carbocycles. The van der Waals surface area contributed by atoms with Crippen molar-refractivity contribution >= 4 is 40.1 Å². The lowest BCUT2D eigenvalue weighted by atomic mass is 9.79. The Morgan fingerprint density at radius 2 is 1.81 bits per heavy atom. The molecule has 0 atom stereocenters. The van der Waals surface area contributed by atoms with Crippen molar-refractivity contribution in [3.8, 4) is 0 Å². The van der Waals surface area contributed by atoms with Crippen molar-refractivity contribution in [3.63, 3.8) is 0 Å². The van der Waals surface area contributed by atoms with Crippen LogP contribution in [0.4, 0.5) is 0 Å². The summed E-state index contributed by atoms with van der Waals surface area (Å²) >= 11 is 1.60. The minimum absolute atomic E-state index is 0.195. The van der Waals surface area contributed by atoms with Gasteiger partial charge in [0, 0.05) is 6.42 Å². The van der Waals surface area contributed by atoms with Gasteiger partial charge in [0.2, 0.25) is 0 Å². The maximum Gasteiger partial charge on any atom is 0.494 e. The number of carbonyl (C=O) groups is 1. The Hall–Kier alpha value is -1.44. The van der Waals surface area contributed by atoms with Gasteiger partial charge in [0.15, 0.2) is 0 Å². The van der Waals surface area contributed by atoms with Crippen molar-refractivity contribution in [2.45, 2.75) is 78.1 Å². The molecule has 2 heterocycles. The molecule has 1 saturated heterocycles. The van der Waals surface area contributed by atoms with Crippen LogP contribution in [0.25, 0.3) is 10.2 Å². The van der Waals surface area contributed by atoms with Gasteiger partial charge in [-0.3, -0.25) is 4.79 Å². The predicted molar refractivity (Wildman–Crippen MR) is 110 cm³/mol. The van der Waals surface area contributed by atoms with Crippen LogP contribution in [0.5, 0.6) is 0 Å². The van der Waals surface area contributed by atoms with Gasteiger partial charge in [-0.15, -0.1) is 11.3 Å². The third-order valence-corrected chi connectivity index (χ3v) is 6.02. The first kappa shape index (κ1) is 20.3. The van der Waals surface area contributed by atoms with Crippen LogP contribution in [0.1, 0.15) is 59.9 Å². The molecule has 2 aromatic rings. The van der Waals surface area contributed by atoms with E-state index in [0.717, 1.165) is 20.7 Å². The first-order valence-electron chi connectivity index (χ1n) is 9.33. The summed E-state index contributed by atoms with van der Waals surface area (Å²) in [4.78, 5) is 16.6. The summed E-state index contributed by atoms with van der Waals surface area (Å²) < 4.78 is 18.7. The van der Waals surface area contributed by atoms with E-state index < -0.39 is 5.60 Å². The molecule has 5 nitrogen and oxygen atoms in total. The minimum Gasteiger partial charge on any atom is -0.460 e. The highest BCUT2D eigenvalue weighted by molar-refractivity contribution is 7.18. The molecule has 146 valence electrons. The van der Waals surface area contributed by atoms with E-state index in [4.69, 9.17) is 14.0 Å². The molecule has 0 N–H and O–H groups in total. The molecule has 1 fully saturated rings. The second-order valence-electron chi connectivity index (χ2n) is 9.01. The molecule has 0 bridgehead atoms. The fraction of sp³-hybridized carbons (Fsp3) is 0.600. The van der Waals surface area contributed by atoms with Crippen LogP contribution in [-0.4, -0.2) is 34.9 Å². The second kappa shape index (κ2) is 6.87. The van der Waals surface area contributed by atoms with E-state index in [-0.39, 0.29) is 24.3 Å². The van der Waals surface area contributed by atoms with Gasteiger partial charge in [-0.2, -0.15) is 0 Å². The van der Waals surface area contributed by atoms with Gasteiger partial charge < -0.3 is 14.0 Å². The number of aromatic nitrogens is 1. The zero-order chi connectivity index (χ0) is 20.0. The number of hydrogen-bond acceptors (Lipinski definition) is 6. The summed E-state index contributed by atoms with van der Waals surface area (Å²) in [6, 6.07) is 6.07. The Morgan fingerprint density at radius 3 is 2.41 bits per heavy atom. The van der Waals surface area contributed by atoms with E-state index in [1.165, 1.54) is 0 Å². The Kier molecular flexibility index (Phi) is 5.16. The van der Waals surface area contributed by atoms with Crippen molar-refractivity contribution in [1.29, 1.82) is 0 Å². The summed E-state index contributed by atoms with van der Waals surface area (Å²) in [5, 5.41) is 0.932. The lowest BCUT2D eigenvalue weighted by Gasteiger charge is -2.32. The largest absolute Gasteiger partial charge is 0.494 e. The molecule has 1 aromatic heterocycles. The molecule has 3 rings (SSSR count). The fourth-order valence-electron chi connectivity index (χ4n) is 2.82. The second-order valence-corrected chi connectivity index (χ2v) is 10.1. The molecule has 0 unspecified atom stereocenters. The zero-order valence-corrected chi connectivity index (χ0v) is 18.0. The number of fused-ring (bicyclic) bond motifs is 1. The van der Waals surface area contributed by atoms with Crippen molar-refractivity contribution < 1.29 is 18.8 Å². The lowest BCUT2D eigenvalue weighted by Crippen LogP contribution is -2.41. The van der Waals surface area contributed by atoms with Gasteiger partial charge in [0.1, 0.15) is 5.60 Å². The molecule has 0 spiro atoms. The summed E-state index contributed by atoms with van der Waals surface area (Å²) in [5.74, 6) is -0.195. The first-order chi connectivity index (χ1) is 12.4. The van der Waals surface area contributed by atoms with E-state index >= 15 is 0 Å². The van der Waals surface area contributed by atoms with Crippen LogP contribution in [0.15, 0.2) is 18.2 Å². The minimum atomic E-state index is -0.456. The number of esters is 1. The fourth-order valence-corrected chi connectivity index (χ4v) is 3.84. The summed E-state index contributed by atoms with van der Waals surface area (Å²) in [7, 11) is -0.383. The van der Waals surface area contributed by atoms with Crippen molar-refractivity contribution in [1.82, 2.24) is 4.98 Å². The maximum atomic E-state index is 11.9. The quantitative estimate of drug-likeness (QED) is 0.587. The van der Waals surface area contributed by atoms with E-state index in [1.807, 2.05) is 60.6 Å². The van der Waals surface area contributed by atoms with Crippen LogP contribution < -0.4 is 5.46 Å². The third kappa shape index (κ3) is 4.53. The number of hydrogen-bond donors (Lipinski definition) is 0. The smallest absolute Gasteiger partial charge is 0.460 e. The standard InChI is InChI=1S/C20H28BNO4S/c1-18(2,3)24-17(23)11-10-16-22-14-9-8-13(12-15(14)27-16)21-25-19(4,5)20(6,7)26-21/h8-9,12H,10-11H2,1-7H3. The Morgan fingerprint density at radius 1 is 1.19 bits per heavy atom. The molecule has 0 amide bonds. The zero-order valence-electron chi connectivity index (χ0n) is 17.2. The van der Waals surface area contributed by atoms with Crippen LogP contribution in [0.3, 0.4) is 0 Å². The first-order valence-corrected chi connectivity index (χ1v) is 10.1. The van der Waals surface area contributed by atoms with E-state index in [1.54, 1.807) is 11.3 Å². The summed E-state index contributed by atoms with van der Waals surface area (Å²) in [6.45, 7) is 13.8. The summed E-state index contributed by atoms with van der Waals surface area (Å²) in [5.41, 5.74) is 0.739. The molecule has 0 radical (unpaired) electrons. The van der Waals surface area contributed by atoms with Gasteiger partial charge in [0.05, 0.1) is 32.8 Å². The normalized spacial score (nSPS) is 18.9. The molecule has 7 heteroatoms. The topological polar surface area (TPSA) is 57.7 Å². The van der Waals surface area contributed by atoms with Gasteiger partial charge in [-0.25, -0.2) is 4.98 Å². The monoisotopic (exact) mass is 389 g/mol. The third-order valence-electron chi connectivity index (χ3n) is 4.95. The average Bonchev–Trinajstić information content (AvgIpc) is 3.00. The molecule has 1 aromatic carbocycles. The number of nitrogens with zero attached hydrogens (tertiary/aromatic N) is 1. The molecule has 1 aliphatic heterocycles. The van der Waals surface area contributed by atoms with Crippen LogP contribution >= 0.6 is 11.3 Å². The number of benzene rings is 1. The predicted octanol–water partition coefficient (Wildman–Crippen LogP) is 3.87. The number of thiazole rings is 1. The molecule has 0 aliphatic carbocycles. The Bertz CT molecular complexity index is 837. The molecular formula is C20H28BNO4S. The highest BCUT2D eigenvalue weighted by Gasteiger charge is 2.51. The highest BCUT2D eigenvalue weighted by Crippen LogP contribution is 2.36. The van der Waals surface area contributed by atoms with Crippen molar-refractivity contribution in [3.05, 3.63) is 23.2 Å². The van der Waals surface area contributed by atoms with E-state index in [2.05, 4.69) is 11.1 Å². The Balaban J connectivity index is 1.71. The van der Waals surface area contributed by atoms with Crippen molar-refractivity contribution in [2.24, 2.45) is 0 Å². The molecular weight excluding hydrogens is 361 g/mol. The SMILES string of the molecule is CC(C)(C)OC(=O)CCc1nc2ccc(B3OC(C)(C)C(C)(C)O3)cc2s1. The average molecular weight is 389 g/mol. The van der Waals surface area contributed by atoms with Crippen LogP contribution in [0, 0.1) is 0 Å². The van der Waals surface area contributed by atoms with Crippen LogP contribution in [0.2, 0.25) is 0 Å². The number of carbonyl (C=O) groups excluding carboxylic acids is 1. The lowest BCUT2D eigenvalue weighted by molar-refractivity contribution is -0.154. The molecule has 1 aliphatic rings. The maximum absolute atomic E-state index is 11.9. The van der Waals surface area contributed by atoms with Gasteiger partial charge in [-0.05, 0) is 66.1 Å².